The van der Waals surface area contributed by atoms with Crippen molar-refractivity contribution in [3.63, 3.8) is 0 Å². The second-order valence-electron chi connectivity index (χ2n) is 6.91. The van der Waals surface area contributed by atoms with E-state index in [2.05, 4.69) is 15.9 Å². The number of carbonyl (C=O) groups is 1. The van der Waals surface area contributed by atoms with E-state index in [1.807, 2.05) is 30.3 Å². The number of hydrogen-bond acceptors (Lipinski definition) is 5. The Hall–Kier alpha value is -1.80. The maximum absolute atomic E-state index is 14.5. The van der Waals surface area contributed by atoms with Crippen LogP contribution < -0.4 is 5.73 Å². The van der Waals surface area contributed by atoms with Crippen LogP contribution in [0.25, 0.3) is 0 Å². The molecule has 2 N–H and O–H groups in total. The fourth-order valence-electron chi connectivity index (χ4n) is 3.46. The summed E-state index contributed by atoms with van der Waals surface area (Å²) in [6.45, 7) is 0.733. The molecular weight excluding hydrogens is 429 g/mol. The molecule has 0 spiro atoms. The maximum atomic E-state index is 14.5. The lowest BCUT2D eigenvalue weighted by Crippen LogP contribution is -2.57. The van der Waals surface area contributed by atoms with Gasteiger partial charge < -0.3 is 19.9 Å². The van der Waals surface area contributed by atoms with E-state index in [0.717, 1.165) is 5.56 Å². The summed E-state index contributed by atoms with van der Waals surface area (Å²) in [5.74, 6) is -1.72. The number of ether oxygens (including phenoxy) is 3. The number of rotatable bonds is 6. The van der Waals surface area contributed by atoms with E-state index in [1.165, 1.54) is 13.2 Å². The second-order valence-corrected chi connectivity index (χ2v) is 7.83. The Balaban J connectivity index is 1.73. The average Bonchev–Trinajstić information content (AvgIpc) is 2.71. The van der Waals surface area contributed by atoms with Gasteiger partial charge in [0.2, 0.25) is 0 Å². The molecule has 2 aromatic rings. The zero-order valence-corrected chi connectivity index (χ0v) is 17.2. The Labute approximate surface area is 172 Å². The minimum Gasteiger partial charge on any atom is -0.469 e. The topological polar surface area (TPSA) is 70.8 Å². The van der Waals surface area contributed by atoms with E-state index in [9.17, 15) is 9.18 Å². The minimum absolute atomic E-state index is 0.0144. The predicted octanol–water partition coefficient (Wildman–Crippen LogP) is 3.54. The van der Waals surface area contributed by atoms with Crippen LogP contribution in [0.3, 0.4) is 0 Å². The zero-order valence-electron chi connectivity index (χ0n) is 15.6. The summed E-state index contributed by atoms with van der Waals surface area (Å²) < 4.78 is 31.7. The monoisotopic (exact) mass is 451 g/mol. The standard InChI is InChI=1S/C21H23BrFNO4/c1-26-20(25)18-10-16(12-27-11-14-5-3-2-4-6-14)28-13-21(18,24)17-9-15(22)7-8-19(17)23/h2-9,16,18H,10-13,24H2,1H3/t16-,18+,21-/m1/s1. The average molecular weight is 452 g/mol. The van der Waals surface area contributed by atoms with Gasteiger partial charge in [-0.2, -0.15) is 0 Å². The van der Waals surface area contributed by atoms with Crippen LogP contribution in [0.1, 0.15) is 17.5 Å². The minimum atomic E-state index is -1.32. The molecular formula is C21H23BrFNO4. The van der Waals surface area contributed by atoms with Gasteiger partial charge >= 0.3 is 5.97 Å². The number of methoxy groups -OCH3 is 1. The van der Waals surface area contributed by atoms with Crippen LogP contribution in [0.2, 0.25) is 0 Å². The molecule has 0 aromatic heterocycles. The summed E-state index contributed by atoms with van der Waals surface area (Å²) in [6, 6.07) is 14.3. The normalized spacial score (nSPS) is 24.7. The van der Waals surface area contributed by atoms with Crippen molar-refractivity contribution in [2.75, 3.05) is 20.3 Å². The van der Waals surface area contributed by atoms with Crippen molar-refractivity contribution in [1.29, 1.82) is 0 Å². The van der Waals surface area contributed by atoms with E-state index >= 15 is 0 Å². The fraction of sp³-hybridized carbons (Fsp3) is 0.381. The number of carbonyl (C=O) groups excluding carboxylic acids is 1. The van der Waals surface area contributed by atoms with Crippen molar-refractivity contribution in [2.24, 2.45) is 11.7 Å². The molecule has 1 aliphatic heterocycles. The highest BCUT2D eigenvalue weighted by Gasteiger charge is 2.48. The molecule has 0 bridgehead atoms. The molecule has 0 saturated carbocycles. The van der Waals surface area contributed by atoms with E-state index in [-0.39, 0.29) is 24.7 Å². The van der Waals surface area contributed by atoms with Crippen molar-refractivity contribution < 1.29 is 23.4 Å². The highest BCUT2D eigenvalue weighted by atomic mass is 79.9. The van der Waals surface area contributed by atoms with Crippen LogP contribution in [-0.4, -0.2) is 32.4 Å². The first kappa shape index (κ1) is 20.9. The van der Waals surface area contributed by atoms with Crippen molar-refractivity contribution in [1.82, 2.24) is 0 Å². The van der Waals surface area contributed by atoms with Crippen LogP contribution in [0.5, 0.6) is 0 Å². The second kappa shape index (κ2) is 9.13. The van der Waals surface area contributed by atoms with Gasteiger partial charge in [0.25, 0.3) is 0 Å². The Morgan fingerprint density at radius 2 is 2.07 bits per heavy atom. The smallest absolute Gasteiger partial charge is 0.311 e. The molecule has 0 unspecified atom stereocenters. The van der Waals surface area contributed by atoms with Crippen molar-refractivity contribution in [3.8, 4) is 0 Å². The van der Waals surface area contributed by atoms with Crippen LogP contribution in [-0.2, 0) is 31.2 Å². The summed E-state index contributed by atoms with van der Waals surface area (Å²) in [7, 11) is 1.30. The molecule has 2 aromatic carbocycles. The Morgan fingerprint density at radius 3 is 2.79 bits per heavy atom. The number of esters is 1. The molecule has 0 aliphatic carbocycles. The SMILES string of the molecule is COC(=O)[C@@H]1C[C@H](COCc2ccccc2)OC[C@@]1(N)c1cc(Br)ccc1F. The summed E-state index contributed by atoms with van der Waals surface area (Å²) in [6.07, 6.45) is -0.0519. The van der Waals surface area contributed by atoms with Gasteiger partial charge in [0.1, 0.15) is 5.82 Å². The third kappa shape index (κ3) is 4.60. The van der Waals surface area contributed by atoms with Gasteiger partial charge in [0, 0.05) is 10.0 Å². The quantitative estimate of drug-likeness (QED) is 0.680. The lowest BCUT2D eigenvalue weighted by atomic mass is 9.74. The number of nitrogens with two attached hydrogens (primary N) is 1. The van der Waals surface area contributed by atoms with Crippen molar-refractivity contribution >= 4 is 21.9 Å². The molecule has 3 atom stereocenters. The maximum Gasteiger partial charge on any atom is 0.311 e. The lowest BCUT2D eigenvalue weighted by Gasteiger charge is -2.42. The summed E-state index contributed by atoms with van der Waals surface area (Å²) in [5, 5.41) is 0. The summed E-state index contributed by atoms with van der Waals surface area (Å²) in [4.78, 5) is 12.5. The van der Waals surface area contributed by atoms with Crippen molar-refractivity contribution in [3.05, 3.63) is 69.9 Å². The molecule has 150 valence electrons. The van der Waals surface area contributed by atoms with Gasteiger partial charge in [-0.25, -0.2) is 4.39 Å². The summed E-state index contributed by atoms with van der Waals surface area (Å²) >= 11 is 3.33. The first-order valence-electron chi connectivity index (χ1n) is 8.99. The number of benzene rings is 2. The fourth-order valence-corrected chi connectivity index (χ4v) is 3.83. The Bertz CT molecular complexity index is 819. The third-order valence-electron chi connectivity index (χ3n) is 5.01. The first-order chi connectivity index (χ1) is 13.4. The molecule has 1 fully saturated rings. The van der Waals surface area contributed by atoms with Crippen LogP contribution in [0.4, 0.5) is 4.39 Å². The van der Waals surface area contributed by atoms with Gasteiger partial charge in [-0.15, -0.1) is 0 Å². The van der Waals surface area contributed by atoms with Gasteiger partial charge in [-0.3, -0.25) is 4.79 Å². The molecule has 3 rings (SSSR count). The highest BCUT2D eigenvalue weighted by molar-refractivity contribution is 9.10. The summed E-state index contributed by atoms with van der Waals surface area (Å²) in [5.41, 5.74) is 6.47. The van der Waals surface area contributed by atoms with Crippen LogP contribution >= 0.6 is 15.9 Å². The highest BCUT2D eigenvalue weighted by Crippen LogP contribution is 2.38. The molecule has 1 heterocycles. The molecule has 7 heteroatoms. The van der Waals surface area contributed by atoms with E-state index in [4.69, 9.17) is 19.9 Å². The molecule has 1 saturated heterocycles. The number of halogens is 2. The molecule has 0 amide bonds. The lowest BCUT2D eigenvalue weighted by molar-refractivity contribution is -0.161. The van der Waals surface area contributed by atoms with Crippen LogP contribution in [0, 0.1) is 11.7 Å². The third-order valence-corrected chi connectivity index (χ3v) is 5.50. The Kier molecular flexibility index (Phi) is 6.82. The van der Waals surface area contributed by atoms with E-state index in [0.29, 0.717) is 17.7 Å². The molecule has 28 heavy (non-hydrogen) atoms. The van der Waals surface area contributed by atoms with Gasteiger partial charge in [-0.05, 0) is 30.2 Å². The van der Waals surface area contributed by atoms with E-state index < -0.39 is 23.2 Å². The molecule has 1 aliphatic rings. The van der Waals surface area contributed by atoms with Gasteiger partial charge in [0.15, 0.2) is 0 Å². The van der Waals surface area contributed by atoms with Crippen molar-refractivity contribution in [2.45, 2.75) is 24.7 Å². The molecule has 0 radical (unpaired) electrons. The first-order valence-corrected chi connectivity index (χ1v) is 9.79. The Morgan fingerprint density at radius 1 is 1.32 bits per heavy atom. The zero-order chi connectivity index (χ0) is 20.1. The largest absolute Gasteiger partial charge is 0.469 e. The van der Waals surface area contributed by atoms with Gasteiger partial charge in [-0.1, -0.05) is 46.3 Å². The predicted molar refractivity (Wildman–Crippen MR) is 106 cm³/mol. The van der Waals surface area contributed by atoms with E-state index in [1.54, 1.807) is 12.1 Å². The van der Waals surface area contributed by atoms with Gasteiger partial charge in [0.05, 0.1) is 44.5 Å². The molecule has 5 nitrogen and oxygen atoms in total. The number of hydrogen-bond donors (Lipinski definition) is 1. The van der Waals surface area contributed by atoms with Crippen LogP contribution in [0.15, 0.2) is 53.0 Å².